The third-order valence-corrected chi connectivity index (χ3v) is 14.5. The first-order chi connectivity index (χ1) is 7.73. The van der Waals surface area contributed by atoms with Crippen LogP contribution in [0.1, 0.15) is 66.7 Å². The molecule has 0 spiro atoms. The summed E-state index contributed by atoms with van der Waals surface area (Å²) in [6.45, 7) is 12.5. The number of aliphatic hydroxyl groups is 1. The maximum atomic E-state index is 10.1. The van der Waals surface area contributed by atoms with E-state index in [4.69, 9.17) is 0 Å². The van der Waals surface area contributed by atoms with Crippen LogP contribution in [-0.4, -0.2) is 33.3 Å². The van der Waals surface area contributed by atoms with Gasteiger partial charge in [0, 0.05) is 0 Å². The summed E-state index contributed by atoms with van der Waals surface area (Å²) in [5, 5.41) is 11.1. The van der Waals surface area contributed by atoms with Crippen LogP contribution in [0.15, 0.2) is 0 Å². The Balaban J connectivity index is 2.46. The molecular weight excluding hydrogens is 227 g/mol. The molecule has 0 saturated carbocycles. The zero-order valence-corrected chi connectivity index (χ0v) is 13.3. The van der Waals surface area contributed by atoms with Crippen LogP contribution in [0, 0.1) is 0 Å². The van der Waals surface area contributed by atoms with Crippen molar-refractivity contribution in [3.05, 3.63) is 0 Å². The van der Waals surface area contributed by atoms with Gasteiger partial charge in [-0.15, -0.1) is 0 Å². The zero-order valence-electron chi connectivity index (χ0n) is 12.3. The van der Waals surface area contributed by atoms with Crippen molar-refractivity contribution in [3.8, 4) is 0 Å². The van der Waals surface area contributed by atoms with Crippen LogP contribution in [0.4, 0.5) is 0 Å². The number of fused-ring (bicyclic) bond motifs is 1. The Labute approximate surface area is 108 Å². The average Bonchev–Trinajstić information content (AvgIpc) is 2.14. The van der Waals surface area contributed by atoms with Gasteiger partial charge < -0.3 is 0 Å². The van der Waals surface area contributed by atoms with Crippen molar-refractivity contribution in [2.45, 2.75) is 88.8 Å². The van der Waals surface area contributed by atoms with Crippen molar-refractivity contribution >= 4 is 7.26 Å². The van der Waals surface area contributed by atoms with E-state index < -0.39 is 7.26 Å². The van der Waals surface area contributed by atoms with Crippen LogP contribution in [0.2, 0.25) is 0 Å². The van der Waals surface area contributed by atoms with Gasteiger partial charge in [-0.1, -0.05) is 0 Å². The van der Waals surface area contributed by atoms with Crippen LogP contribution in [0.5, 0.6) is 0 Å². The fourth-order valence-electron chi connectivity index (χ4n) is 5.73. The standard InChI is InChI=1S/C15H31OP/c1-12-7-6-9-15(5)11-13(16)8-10-17(12,15)14(2,3)4/h12-13,16-17H,6-11H2,1-5H3. The van der Waals surface area contributed by atoms with E-state index in [0.717, 1.165) is 18.5 Å². The number of aliphatic hydroxyl groups excluding tert-OH is 1. The van der Waals surface area contributed by atoms with Crippen molar-refractivity contribution in [3.63, 3.8) is 0 Å². The first-order valence-electron chi connectivity index (χ1n) is 7.41. The second kappa shape index (κ2) is 4.20. The molecule has 0 aliphatic carbocycles. The van der Waals surface area contributed by atoms with E-state index >= 15 is 0 Å². The minimum absolute atomic E-state index is 0.0201. The summed E-state index contributed by atoms with van der Waals surface area (Å²) in [6, 6.07) is 0. The summed E-state index contributed by atoms with van der Waals surface area (Å²) in [4.78, 5) is 0. The topological polar surface area (TPSA) is 20.2 Å². The van der Waals surface area contributed by atoms with Gasteiger partial charge >= 0.3 is 107 Å². The van der Waals surface area contributed by atoms with Crippen molar-refractivity contribution < 1.29 is 5.11 Å². The molecule has 0 aromatic carbocycles. The minimum atomic E-state index is -1.33. The zero-order chi connectivity index (χ0) is 12.9. The van der Waals surface area contributed by atoms with Crippen LogP contribution < -0.4 is 0 Å². The number of hydrogen-bond donors (Lipinski definition) is 1. The molecule has 2 fully saturated rings. The van der Waals surface area contributed by atoms with Gasteiger partial charge in [-0.25, -0.2) is 0 Å². The second-order valence-corrected chi connectivity index (χ2v) is 14.1. The van der Waals surface area contributed by atoms with Crippen molar-refractivity contribution in [2.24, 2.45) is 0 Å². The molecule has 2 rings (SSSR count). The SMILES string of the molecule is CC1CCCC2(C)CC(O)CC[PH]12C(C)(C)C. The van der Waals surface area contributed by atoms with Crippen molar-refractivity contribution in [1.29, 1.82) is 0 Å². The van der Waals surface area contributed by atoms with E-state index in [9.17, 15) is 5.11 Å². The molecule has 0 amide bonds. The van der Waals surface area contributed by atoms with Gasteiger partial charge in [0.15, 0.2) is 0 Å². The summed E-state index contributed by atoms with van der Waals surface area (Å²) in [5.41, 5.74) is 0.939. The van der Waals surface area contributed by atoms with E-state index in [1.54, 1.807) is 0 Å². The first kappa shape index (κ1) is 13.8. The molecular formula is C15H31OP. The quantitative estimate of drug-likeness (QED) is 0.651. The molecule has 1 nitrogen and oxygen atoms in total. The molecule has 17 heavy (non-hydrogen) atoms. The molecule has 2 saturated heterocycles. The van der Waals surface area contributed by atoms with Crippen LogP contribution >= 0.6 is 7.26 Å². The van der Waals surface area contributed by atoms with Gasteiger partial charge in [0.2, 0.25) is 0 Å². The van der Waals surface area contributed by atoms with Crippen LogP contribution in [-0.2, 0) is 0 Å². The maximum absolute atomic E-state index is 10.1. The van der Waals surface area contributed by atoms with Gasteiger partial charge in [0.1, 0.15) is 0 Å². The predicted molar refractivity (Wildman–Crippen MR) is 79.9 cm³/mol. The fraction of sp³-hybridized carbons (Fsp3) is 1.00. The third kappa shape index (κ3) is 1.89. The summed E-state index contributed by atoms with van der Waals surface area (Å²) < 4.78 is 0. The first-order valence-corrected chi connectivity index (χ1v) is 9.69. The summed E-state index contributed by atoms with van der Waals surface area (Å²) >= 11 is 0. The van der Waals surface area contributed by atoms with Gasteiger partial charge in [-0.05, 0) is 0 Å². The van der Waals surface area contributed by atoms with Crippen molar-refractivity contribution in [1.82, 2.24) is 0 Å². The van der Waals surface area contributed by atoms with Crippen LogP contribution in [0.25, 0.3) is 0 Å². The van der Waals surface area contributed by atoms with Gasteiger partial charge in [-0.3, -0.25) is 0 Å². The Morgan fingerprint density at radius 1 is 1.24 bits per heavy atom. The molecule has 2 aliphatic heterocycles. The molecule has 0 radical (unpaired) electrons. The van der Waals surface area contributed by atoms with E-state index in [-0.39, 0.29) is 6.10 Å². The molecule has 0 bridgehead atoms. The molecule has 2 aliphatic rings. The van der Waals surface area contributed by atoms with Gasteiger partial charge in [-0.2, -0.15) is 0 Å². The third-order valence-electron chi connectivity index (χ3n) is 6.18. The molecule has 2 heteroatoms. The van der Waals surface area contributed by atoms with Gasteiger partial charge in [0.25, 0.3) is 0 Å². The fourth-order valence-corrected chi connectivity index (χ4v) is 14.8. The van der Waals surface area contributed by atoms with E-state index in [1.807, 2.05) is 0 Å². The van der Waals surface area contributed by atoms with E-state index in [1.165, 1.54) is 25.4 Å². The molecule has 3 atom stereocenters. The Morgan fingerprint density at radius 2 is 1.88 bits per heavy atom. The average molecular weight is 258 g/mol. The Bertz CT molecular complexity index is 296. The number of hydrogen-bond acceptors (Lipinski definition) is 1. The molecule has 0 aromatic heterocycles. The van der Waals surface area contributed by atoms with Crippen molar-refractivity contribution in [2.75, 3.05) is 6.16 Å². The van der Waals surface area contributed by atoms with E-state index in [2.05, 4.69) is 34.6 Å². The normalized spacial score (nSPS) is 43.9. The molecule has 2 heterocycles. The molecule has 1 N–H and O–H groups in total. The predicted octanol–water partition coefficient (Wildman–Crippen LogP) is 4.02. The summed E-state index contributed by atoms with van der Waals surface area (Å²) in [5.74, 6) is 0. The van der Waals surface area contributed by atoms with E-state index in [0.29, 0.717) is 10.3 Å². The summed E-state index contributed by atoms with van der Waals surface area (Å²) in [7, 11) is -1.33. The van der Waals surface area contributed by atoms with Gasteiger partial charge in [0.05, 0.1) is 0 Å². The Morgan fingerprint density at radius 3 is 2.47 bits per heavy atom. The monoisotopic (exact) mass is 258 g/mol. The second-order valence-electron chi connectivity index (χ2n) is 7.97. The molecule has 0 aromatic rings. The summed E-state index contributed by atoms with van der Waals surface area (Å²) in [6.07, 6.45) is 7.69. The number of rotatable bonds is 0. The molecule has 102 valence electrons. The van der Waals surface area contributed by atoms with Crippen LogP contribution in [0.3, 0.4) is 0 Å². The Hall–Kier alpha value is 0.390. The Kier molecular flexibility index (Phi) is 3.42. The molecule has 3 unspecified atom stereocenters.